The van der Waals surface area contributed by atoms with Crippen molar-refractivity contribution < 1.29 is 9.50 Å². The second kappa shape index (κ2) is 7.87. The van der Waals surface area contributed by atoms with Gasteiger partial charge in [-0.25, -0.2) is 4.39 Å². The van der Waals surface area contributed by atoms with Crippen molar-refractivity contribution >= 4 is 15.9 Å². The predicted octanol–water partition coefficient (Wildman–Crippen LogP) is 3.65. The number of nitrogens with one attached hydrogen (secondary N) is 1. The van der Waals surface area contributed by atoms with Crippen LogP contribution in [0.1, 0.15) is 38.3 Å². The summed E-state index contributed by atoms with van der Waals surface area (Å²) in [5.74, 6) is 0.251. The Morgan fingerprint density at radius 2 is 2.17 bits per heavy atom. The molecule has 0 aliphatic rings. The Kier molecular flexibility index (Phi) is 6.82. The largest absolute Gasteiger partial charge is 0.396 e. The van der Waals surface area contributed by atoms with Crippen molar-refractivity contribution in [3.63, 3.8) is 0 Å². The molecule has 0 aliphatic heterocycles. The van der Waals surface area contributed by atoms with Crippen LogP contribution in [0.3, 0.4) is 0 Å². The van der Waals surface area contributed by atoms with Crippen molar-refractivity contribution in [2.24, 2.45) is 5.92 Å². The molecule has 0 aliphatic carbocycles. The first-order valence-electron chi connectivity index (χ1n) is 6.37. The first kappa shape index (κ1) is 15.6. The van der Waals surface area contributed by atoms with Crippen molar-refractivity contribution in [1.82, 2.24) is 5.32 Å². The second-order valence-corrected chi connectivity index (χ2v) is 5.50. The molecular formula is C14H21BrFNO. The molecule has 0 aromatic heterocycles. The molecule has 1 rings (SSSR count). The molecule has 0 saturated carbocycles. The second-order valence-electron chi connectivity index (χ2n) is 4.58. The van der Waals surface area contributed by atoms with Gasteiger partial charge in [-0.2, -0.15) is 0 Å². The lowest BCUT2D eigenvalue weighted by Crippen LogP contribution is -2.26. The van der Waals surface area contributed by atoms with Gasteiger partial charge in [0.2, 0.25) is 0 Å². The predicted molar refractivity (Wildman–Crippen MR) is 76.0 cm³/mol. The van der Waals surface area contributed by atoms with Crippen LogP contribution in [0.2, 0.25) is 0 Å². The van der Waals surface area contributed by atoms with Crippen molar-refractivity contribution in [1.29, 1.82) is 0 Å². The highest BCUT2D eigenvalue weighted by atomic mass is 79.9. The molecule has 0 amide bonds. The standard InChI is InChI=1S/C14H21BrFNO/c1-3-11(6-7-18)9-17-10(2)13-8-12(15)4-5-14(13)16/h4-5,8,10-11,17-18H,3,6-7,9H2,1-2H3. The minimum absolute atomic E-state index is 0.0322. The molecule has 0 bridgehead atoms. The van der Waals surface area contributed by atoms with E-state index in [-0.39, 0.29) is 18.5 Å². The lowest BCUT2D eigenvalue weighted by molar-refractivity contribution is 0.249. The maximum atomic E-state index is 13.7. The summed E-state index contributed by atoms with van der Waals surface area (Å²) in [6.07, 6.45) is 1.80. The number of hydrogen-bond acceptors (Lipinski definition) is 2. The molecule has 2 N–H and O–H groups in total. The van der Waals surface area contributed by atoms with E-state index in [2.05, 4.69) is 28.2 Å². The SMILES string of the molecule is CCC(CCO)CNC(C)c1cc(Br)ccc1F. The molecule has 0 spiro atoms. The summed E-state index contributed by atoms with van der Waals surface area (Å²) >= 11 is 3.36. The van der Waals surface area contributed by atoms with Crippen LogP contribution in [0.25, 0.3) is 0 Å². The van der Waals surface area contributed by atoms with E-state index in [1.54, 1.807) is 12.1 Å². The fraction of sp³-hybridized carbons (Fsp3) is 0.571. The Balaban J connectivity index is 2.59. The van der Waals surface area contributed by atoms with E-state index in [4.69, 9.17) is 5.11 Å². The van der Waals surface area contributed by atoms with Crippen LogP contribution in [0, 0.1) is 11.7 Å². The molecular weight excluding hydrogens is 297 g/mol. The van der Waals surface area contributed by atoms with Crippen LogP contribution in [-0.4, -0.2) is 18.3 Å². The van der Waals surface area contributed by atoms with Crippen LogP contribution in [0.4, 0.5) is 4.39 Å². The van der Waals surface area contributed by atoms with Crippen molar-refractivity contribution in [3.8, 4) is 0 Å². The van der Waals surface area contributed by atoms with Gasteiger partial charge < -0.3 is 10.4 Å². The fourth-order valence-electron chi connectivity index (χ4n) is 1.93. The number of benzene rings is 1. The maximum absolute atomic E-state index is 13.7. The molecule has 1 aromatic rings. The lowest BCUT2D eigenvalue weighted by Gasteiger charge is -2.20. The molecule has 4 heteroatoms. The molecule has 102 valence electrons. The quantitative estimate of drug-likeness (QED) is 0.804. The Hall–Kier alpha value is -0.450. The zero-order valence-corrected chi connectivity index (χ0v) is 12.5. The van der Waals surface area contributed by atoms with Crippen molar-refractivity contribution in [2.45, 2.75) is 32.7 Å². The Labute approximate surface area is 117 Å². The third-order valence-electron chi connectivity index (χ3n) is 3.25. The van der Waals surface area contributed by atoms with Gasteiger partial charge in [0.05, 0.1) is 0 Å². The van der Waals surface area contributed by atoms with E-state index in [9.17, 15) is 4.39 Å². The highest BCUT2D eigenvalue weighted by Crippen LogP contribution is 2.22. The van der Waals surface area contributed by atoms with Gasteiger partial charge in [-0.05, 0) is 44.0 Å². The van der Waals surface area contributed by atoms with Gasteiger partial charge >= 0.3 is 0 Å². The highest BCUT2D eigenvalue weighted by molar-refractivity contribution is 9.10. The molecule has 1 aromatic carbocycles. The van der Waals surface area contributed by atoms with Gasteiger partial charge in [-0.3, -0.25) is 0 Å². The van der Waals surface area contributed by atoms with Gasteiger partial charge in [0, 0.05) is 22.7 Å². The van der Waals surface area contributed by atoms with Crippen molar-refractivity contribution in [3.05, 3.63) is 34.1 Å². The Morgan fingerprint density at radius 3 is 2.78 bits per heavy atom. The average molecular weight is 318 g/mol. The van der Waals surface area contributed by atoms with Crippen LogP contribution >= 0.6 is 15.9 Å². The number of hydrogen-bond donors (Lipinski definition) is 2. The van der Waals surface area contributed by atoms with Crippen LogP contribution < -0.4 is 5.32 Å². The summed E-state index contributed by atoms with van der Waals surface area (Å²) in [6, 6.07) is 4.95. The smallest absolute Gasteiger partial charge is 0.128 e. The molecule has 18 heavy (non-hydrogen) atoms. The highest BCUT2D eigenvalue weighted by Gasteiger charge is 2.13. The number of halogens is 2. The molecule has 0 saturated heterocycles. The number of aliphatic hydroxyl groups excluding tert-OH is 1. The zero-order chi connectivity index (χ0) is 13.5. The van der Waals surface area contributed by atoms with Gasteiger partial charge in [-0.1, -0.05) is 29.3 Å². The van der Waals surface area contributed by atoms with Crippen LogP contribution in [0.5, 0.6) is 0 Å². The maximum Gasteiger partial charge on any atom is 0.128 e. The third-order valence-corrected chi connectivity index (χ3v) is 3.75. The summed E-state index contributed by atoms with van der Waals surface area (Å²) in [4.78, 5) is 0. The van der Waals surface area contributed by atoms with E-state index in [0.717, 1.165) is 23.9 Å². The zero-order valence-electron chi connectivity index (χ0n) is 10.9. The first-order valence-corrected chi connectivity index (χ1v) is 7.17. The van der Waals surface area contributed by atoms with E-state index in [0.29, 0.717) is 11.5 Å². The summed E-state index contributed by atoms with van der Waals surface area (Å²) in [6.45, 7) is 5.06. The van der Waals surface area contributed by atoms with Gasteiger partial charge in [0.25, 0.3) is 0 Å². The minimum atomic E-state index is -0.187. The summed E-state index contributed by atoms with van der Waals surface area (Å²) < 4.78 is 14.6. The third kappa shape index (κ3) is 4.67. The summed E-state index contributed by atoms with van der Waals surface area (Å²) in [5.41, 5.74) is 0.670. The molecule has 2 atom stereocenters. The van der Waals surface area contributed by atoms with Crippen LogP contribution in [-0.2, 0) is 0 Å². The molecule has 0 fully saturated rings. The monoisotopic (exact) mass is 317 g/mol. The minimum Gasteiger partial charge on any atom is -0.396 e. The number of aliphatic hydroxyl groups is 1. The molecule has 2 nitrogen and oxygen atoms in total. The number of rotatable bonds is 7. The van der Waals surface area contributed by atoms with E-state index < -0.39 is 0 Å². The van der Waals surface area contributed by atoms with Crippen LogP contribution in [0.15, 0.2) is 22.7 Å². The van der Waals surface area contributed by atoms with E-state index in [1.807, 2.05) is 6.92 Å². The van der Waals surface area contributed by atoms with Gasteiger partial charge in [0.15, 0.2) is 0 Å². The molecule has 2 unspecified atom stereocenters. The topological polar surface area (TPSA) is 32.3 Å². The molecule has 0 heterocycles. The molecule has 0 radical (unpaired) electrons. The van der Waals surface area contributed by atoms with Gasteiger partial charge in [-0.15, -0.1) is 0 Å². The summed E-state index contributed by atoms with van der Waals surface area (Å²) in [5, 5.41) is 12.3. The van der Waals surface area contributed by atoms with Crippen molar-refractivity contribution in [2.75, 3.05) is 13.2 Å². The first-order chi connectivity index (χ1) is 8.58. The Bertz CT molecular complexity index is 373. The Morgan fingerprint density at radius 1 is 1.44 bits per heavy atom. The van der Waals surface area contributed by atoms with E-state index in [1.165, 1.54) is 6.07 Å². The fourth-order valence-corrected chi connectivity index (χ4v) is 2.31. The normalized spacial score (nSPS) is 14.5. The lowest BCUT2D eigenvalue weighted by atomic mass is 10.0. The van der Waals surface area contributed by atoms with Gasteiger partial charge in [0.1, 0.15) is 5.82 Å². The average Bonchev–Trinajstić information content (AvgIpc) is 2.37. The summed E-state index contributed by atoms with van der Waals surface area (Å²) in [7, 11) is 0. The van der Waals surface area contributed by atoms with E-state index >= 15 is 0 Å².